The molecule has 0 aliphatic heterocycles. The maximum Gasteiger partial charge on any atom is 0.328 e. The molecule has 0 saturated carbocycles. The van der Waals surface area contributed by atoms with Crippen molar-refractivity contribution >= 4 is 23.9 Å². The Morgan fingerprint density at radius 3 is 2.27 bits per heavy atom. The summed E-state index contributed by atoms with van der Waals surface area (Å²) in [7, 11) is 1.56. The Balaban J connectivity index is 2.49. The fourth-order valence-electron chi connectivity index (χ4n) is 2.29. The Hall–Kier alpha value is -3.85. The maximum absolute atomic E-state index is 12.1. The number of carbonyl (C=O) groups is 3. The second-order valence-corrected chi connectivity index (χ2v) is 6.14. The molecule has 1 unspecified atom stereocenters. The molecule has 1 aromatic rings. The first-order chi connectivity index (χ1) is 14.4. The highest BCUT2D eigenvalue weighted by atomic mass is 16.5. The lowest BCUT2D eigenvalue weighted by Crippen LogP contribution is -2.41. The average molecular weight is 412 g/mol. The SMILES string of the molecule is COc1ccc(/C=C/C(=O)NC(C)C(=O)OCC(=O)N(CCC#N)CCC#N)cc1. The van der Waals surface area contributed by atoms with E-state index in [0.29, 0.717) is 5.75 Å². The number of benzene rings is 1. The Labute approximate surface area is 175 Å². The molecule has 9 heteroatoms. The molecule has 0 saturated heterocycles. The zero-order valence-electron chi connectivity index (χ0n) is 17.0. The van der Waals surface area contributed by atoms with E-state index in [9.17, 15) is 14.4 Å². The third-order valence-electron chi connectivity index (χ3n) is 3.93. The van der Waals surface area contributed by atoms with E-state index in [2.05, 4.69) is 5.32 Å². The lowest BCUT2D eigenvalue weighted by Gasteiger charge is -2.20. The summed E-state index contributed by atoms with van der Waals surface area (Å²) in [6.45, 7) is 1.21. The summed E-state index contributed by atoms with van der Waals surface area (Å²) in [5.74, 6) is -1.07. The van der Waals surface area contributed by atoms with Gasteiger partial charge in [0.1, 0.15) is 11.8 Å². The van der Waals surface area contributed by atoms with E-state index in [4.69, 9.17) is 20.0 Å². The number of ether oxygens (including phenoxy) is 2. The average Bonchev–Trinajstić information content (AvgIpc) is 2.76. The van der Waals surface area contributed by atoms with Crippen molar-refractivity contribution in [2.45, 2.75) is 25.8 Å². The Bertz CT molecular complexity index is 818. The molecule has 0 aliphatic carbocycles. The predicted molar refractivity (Wildman–Crippen MR) is 108 cm³/mol. The van der Waals surface area contributed by atoms with Crippen molar-refractivity contribution in [1.82, 2.24) is 10.2 Å². The van der Waals surface area contributed by atoms with Crippen LogP contribution in [0.2, 0.25) is 0 Å². The molecule has 1 rings (SSSR count). The third kappa shape index (κ3) is 8.89. The molecule has 2 amide bonds. The number of methoxy groups -OCH3 is 1. The number of carbonyl (C=O) groups excluding carboxylic acids is 3. The molecule has 1 atom stereocenters. The molecule has 1 N–H and O–H groups in total. The second kappa shape index (κ2) is 13.3. The minimum Gasteiger partial charge on any atom is -0.497 e. The van der Waals surface area contributed by atoms with Gasteiger partial charge in [-0.3, -0.25) is 9.59 Å². The molecule has 0 spiro atoms. The van der Waals surface area contributed by atoms with E-state index < -0.39 is 30.4 Å². The number of rotatable bonds is 11. The number of hydrogen-bond donors (Lipinski definition) is 1. The van der Waals surface area contributed by atoms with Gasteiger partial charge in [-0.15, -0.1) is 0 Å². The van der Waals surface area contributed by atoms with Crippen LogP contribution in [0.15, 0.2) is 30.3 Å². The van der Waals surface area contributed by atoms with Crippen LogP contribution in [0.5, 0.6) is 5.75 Å². The van der Waals surface area contributed by atoms with Crippen molar-refractivity contribution in [2.75, 3.05) is 26.8 Å². The third-order valence-corrected chi connectivity index (χ3v) is 3.93. The summed E-state index contributed by atoms with van der Waals surface area (Å²) in [6.07, 6.45) is 3.08. The van der Waals surface area contributed by atoms with Crippen molar-refractivity contribution in [3.8, 4) is 17.9 Å². The van der Waals surface area contributed by atoms with Gasteiger partial charge in [0, 0.05) is 19.2 Å². The number of esters is 1. The zero-order chi connectivity index (χ0) is 22.4. The van der Waals surface area contributed by atoms with E-state index >= 15 is 0 Å². The molecule has 0 radical (unpaired) electrons. The Morgan fingerprint density at radius 1 is 1.13 bits per heavy atom. The first kappa shape index (κ1) is 24.2. The summed E-state index contributed by atoms with van der Waals surface area (Å²) in [5.41, 5.74) is 0.779. The highest BCUT2D eigenvalue weighted by Gasteiger charge is 2.19. The minimum atomic E-state index is -0.961. The van der Waals surface area contributed by atoms with Crippen molar-refractivity contribution < 1.29 is 23.9 Å². The zero-order valence-corrected chi connectivity index (χ0v) is 17.0. The maximum atomic E-state index is 12.1. The Kier molecular flexibility index (Phi) is 10.8. The van der Waals surface area contributed by atoms with Gasteiger partial charge in [-0.25, -0.2) is 4.79 Å². The lowest BCUT2D eigenvalue weighted by molar-refractivity contribution is -0.154. The summed E-state index contributed by atoms with van der Waals surface area (Å²) in [4.78, 5) is 37.4. The largest absolute Gasteiger partial charge is 0.497 e. The highest BCUT2D eigenvalue weighted by Crippen LogP contribution is 2.12. The molecular weight excluding hydrogens is 388 g/mol. The predicted octanol–water partition coefficient (Wildman–Crippen LogP) is 1.41. The molecule has 9 nitrogen and oxygen atoms in total. The van der Waals surface area contributed by atoms with Crippen molar-refractivity contribution in [2.24, 2.45) is 0 Å². The second-order valence-electron chi connectivity index (χ2n) is 6.14. The van der Waals surface area contributed by atoms with Gasteiger partial charge in [0.2, 0.25) is 5.91 Å². The molecule has 0 aromatic heterocycles. The van der Waals surface area contributed by atoms with Crippen LogP contribution in [-0.2, 0) is 19.1 Å². The van der Waals surface area contributed by atoms with Crippen LogP contribution in [0.1, 0.15) is 25.3 Å². The first-order valence-corrected chi connectivity index (χ1v) is 9.22. The molecule has 1 aromatic carbocycles. The van der Waals surface area contributed by atoms with Crippen molar-refractivity contribution in [1.29, 1.82) is 10.5 Å². The normalized spacial score (nSPS) is 11.1. The molecule has 158 valence electrons. The van der Waals surface area contributed by atoms with Gasteiger partial charge in [0.05, 0.1) is 32.1 Å². The van der Waals surface area contributed by atoms with E-state index in [1.54, 1.807) is 37.5 Å². The number of amides is 2. The molecular formula is C21H24N4O5. The van der Waals surface area contributed by atoms with E-state index in [1.165, 1.54) is 17.9 Å². The van der Waals surface area contributed by atoms with Crippen LogP contribution in [0, 0.1) is 22.7 Å². The standard InChI is InChI=1S/C21H24N4O5/c1-16(24-19(26)10-7-17-5-8-18(29-2)9-6-17)21(28)30-15-20(27)25(13-3-11-22)14-4-12-23/h5-10,16H,3-4,13-15H2,1-2H3,(H,24,26)/b10-7+. The fraction of sp³-hybridized carbons (Fsp3) is 0.381. The Morgan fingerprint density at radius 2 is 1.73 bits per heavy atom. The molecule has 0 aliphatic rings. The van der Waals surface area contributed by atoms with Gasteiger partial charge in [-0.05, 0) is 30.7 Å². The number of nitrogens with one attached hydrogen (secondary N) is 1. The van der Waals surface area contributed by atoms with Gasteiger partial charge in [0.25, 0.3) is 5.91 Å². The van der Waals surface area contributed by atoms with Gasteiger partial charge in [-0.1, -0.05) is 12.1 Å². The van der Waals surface area contributed by atoms with E-state index in [1.807, 2.05) is 12.1 Å². The van der Waals surface area contributed by atoms with Gasteiger partial charge in [-0.2, -0.15) is 10.5 Å². The van der Waals surface area contributed by atoms with Gasteiger partial charge < -0.3 is 19.7 Å². The molecule has 30 heavy (non-hydrogen) atoms. The van der Waals surface area contributed by atoms with E-state index in [-0.39, 0.29) is 25.9 Å². The van der Waals surface area contributed by atoms with Gasteiger partial charge >= 0.3 is 5.97 Å². The van der Waals surface area contributed by atoms with Crippen molar-refractivity contribution in [3.63, 3.8) is 0 Å². The summed E-state index contributed by atoms with van der Waals surface area (Å²) in [6, 6.07) is 9.94. The van der Waals surface area contributed by atoms with Crippen LogP contribution in [0.3, 0.4) is 0 Å². The molecule has 0 bridgehead atoms. The van der Waals surface area contributed by atoms with Crippen molar-refractivity contribution in [3.05, 3.63) is 35.9 Å². The van der Waals surface area contributed by atoms with Crippen LogP contribution in [0.25, 0.3) is 6.08 Å². The first-order valence-electron chi connectivity index (χ1n) is 9.22. The number of nitriles is 2. The van der Waals surface area contributed by atoms with Crippen LogP contribution in [0.4, 0.5) is 0 Å². The topological polar surface area (TPSA) is 133 Å². The lowest BCUT2D eigenvalue weighted by atomic mass is 10.2. The minimum absolute atomic E-state index is 0.109. The summed E-state index contributed by atoms with van der Waals surface area (Å²) < 4.78 is 10.0. The molecule has 0 heterocycles. The monoisotopic (exact) mass is 412 g/mol. The van der Waals surface area contributed by atoms with E-state index in [0.717, 1.165) is 5.56 Å². The number of nitrogens with zero attached hydrogens (tertiary/aromatic N) is 3. The van der Waals surface area contributed by atoms with Crippen LogP contribution >= 0.6 is 0 Å². The number of hydrogen-bond acceptors (Lipinski definition) is 7. The summed E-state index contributed by atoms with van der Waals surface area (Å²) >= 11 is 0. The highest BCUT2D eigenvalue weighted by molar-refractivity contribution is 5.94. The van der Waals surface area contributed by atoms with Crippen LogP contribution < -0.4 is 10.1 Å². The quantitative estimate of drug-likeness (QED) is 0.429. The smallest absolute Gasteiger partial charge is 0.328 e. The summed E-state index contributed by atoms with van der Waals surface area (Å²) in [5, 5.41) is 19.8. The molecule has 0 fully saturated rings. The fourth-order valence-corrected chi connectivity index (χ4v) is 2.29. The van der Waals surface area contributed by atoms with Gasteiger partial charge in [0.15, 0.2) is 6.61 Å². The van der Waals surface area contributed by atoms with Crippen LogP contribution in [-0.4, -0.2) is 55.5 Å².